The fraction of sp³-hybridized carbons (Fsp3) is 0.368. The number of carbonyl (C=O) groups is 2. The highest BCUT2D eigenvalue weighted by Crippen LogP contribution is 2.34. The van der Waals surface area contributed by atoms with Gasteiger partial charge in [0.1, 0.15) is 18.3 Å². The van der Waals surface area contributed by atoms with Crippen LogP contribution in [0.25, 0.3) is 10.9 Å². The molecule has 28 heavy (non-hydrogen) atoms. The zero-order chi connectivity index (χ0) is 20.4. The van der Waals surface area contributed by atoms with E-state index >= 15 is 0 Å². The number of para-hydroxylation sites is 1. The van der Waals surface area contributed by atoms with Crippen molar-refractivity contribution < 1.29 is 34.8 Å². The molecule has 150 valence electrons. The minimum atomic E-state index is -1.63. The van der Waals surface area contributed by atoms with Crippen LogP contribution >= 0.6 is 0 Å². The van der Waals surface area contributed by atoms with Crippen LogP contribution in [0.1, 0.15) is 18.5 Å². The molecule has 0 spiro atoms. The molecular weight excluding hydrogens is 368 g/mol. The Bertz CT molecular complexity index is 874. The summed E-state index contributed by atoms with van der Waals surface area (Å²) in [4.78, 5) is 26.5. The summed E-state index contributed by atoms with van der Waals surface area (Å²) in [6.45, 7) is 0.529. The van der Waals surface area contributed by atoms with E-state index < -0.39 is 54.5 Å². The second-order valence-corrected chi connectivity index (χ2v) is 6.72. The Morgan fingerprint density at radius 3 is 2.61 bits per heavy atom. The van der Waals surface area contributed by atoms with Crippen molar-refractivity contribution in [2.45, 2.75) is 37.2 Å². The number of hydrogen-bond donors (Lipinski definition) is 6. The summed E-state index contributed by atoms with van der Waals surface area (Å²) in [6, 6.07) is 8.38. The van der Waals surface area contributed by atoms with Gasteiger partial charge in [-0.05, 0) is 23.6 Å². The van der Waals surface area contributed by atoms with Crippen LogP contribution in [-0.2, 0) is 14.3 Å². The fourth-order valence-corrected chi connectivity index (χ4v) is 3.43. The third-order valence-corrected chi connectivity index (χ3v) is 4.74. The number of hydrogen-bond acceptors (Lipinski definition) is 6. The van der Waals surface area contributed by atoms with Gasteiger partial charge < -0.3 is 35.5 Å². The lowest BCUT2D eigenvalue weighted by atomic mass is 9.85. The van der Waals surface area contributed by atoms with E-state index in [1.165, 1.54) is 13.0 Å². The first-order valence-corrected chi connectivity index (χ1v) is 8.75. The van der Waals surface area contributed by atoms with Crippen molar-refractivity contribution in [1.82, 2.24) is 10.3 Å². The van der Waals surface area contributed by atoms with Gasteiger partial charge in [0.15, 0.2) is 0 Å². The molecule has 5 atom stereocenters. The predicted octanol–water partition coefficient (Wildman–Crippen LogP) is -0.162. The number of H-pyrrole nitrogens is 1. The van der Waals surface area contributed by atoms with Crippen LogP contribution in [0.5, 0.6) is 0 Å². The number of ether oxygens (including phenoxy) is 1. The monoisotopic (exact) mass is 390 g/mol. The van der Waals surface area contributed by atoms with Gasteiger partial charge in [-0.25, -0.2) is 4.79 Å². The number of aromatic amines is 1. The molecule has 1 aromatic carbocycles. The molecule has 6 N–H and O–H groups in total. The molecule has 0 radical (unpaired) electrons. The van der Waals surface area contributed by atoms with Crippen LogP contribution in [0.4, 0.5) is 0 Å². The molecular formula is C19H22N2O7. The summed E-state index contributed by atoms with van der Waals surface area (Å²) in [5.74, 6) is -2.86. The number of benzene rings is 1. The topological polar surface area (TPSA) is 152 Å². The molecule has 1 aliphatic heterocycles. The Balaban J connectivity index is 2.09. The average Bonchev–Trinajstić information content (AvgIpc) is 3.10. The molecule has 1 amide bonds. The summed E-state index contributed by atoms with van der Waals surface area (Å²) in [5.41, 5.74) is 1.43. The van der Waals surface area contributed by atoms with Crippen LogP contribution in [0.3, 0.4) is 0 Å². The van der Waals surface area contributed by atoms with E-state index in [0.717, 1.165) is 10.9 Å². The number of fused-ring (bicyclic) bond motifs is 1. The molecule has 5 unspecified atom stereocenters. The molecule has 9 nitrogen and oxygen atoms in total. The Hall–Kier alpha value is -2.88. The lowest BCUT2D eigenvalue weighted by molar-refractivity contribution is -0.146. The van der Waals surface area contributed by atoms with Gasteiger partial charge in [0.2, 0.25) is 11.7 Å². The van der Waals surface area contributed by atoms with Gasteiger partial charge in [0.05, 0.1) is 12.6 Å². The number of nitrogens with one attached hydrogen (secondary N) is 2. The Morgan fingerprint density at radius 1 is 1.29 bits per heavy atom. The average molecular weight is 390 g/mol. The molecule has 1 aliphatic rings. The molecule has 2 heterocycles. The van der Waals surface area contributed by atoms with E-state index in [0.29, 0.717) is 5.69 Å². The molecule has 0 bridgehead atoms. The largest absolute Gasteiger partial charge is 0.478 e. The van der Waals surface area contributed by atoms with Crippen molar-refractivity contribution in [3.05, 3.63) is 47.9 Å². The van der Waals surface area contributed by atoms with Crippen LogP contribution < -0.4 is 5.32 Å². The minimum absolute atomic E-state index is 0.417. The summed E-state index contributed by atoms with van der Waals surface area (Å²) in [6.07, 6.45) is -3.14. The van der Waals surface area contributed by atoms with E-state index in [1.807, 2.05) is 30.3 Å². The molecule has 0 saturated carbocycles. The fourth-order valence-electron chi connectivity index (χ4n) is 3.43. The highest BCUT2D eigenvalue weighted by Gasteiger charge is 2.44. The lowest BCUT2D eigenvalue weighted by Gasteiger charge is -2.39. The first-order chi connectivity index (χ1) is 13.3. The molecule has 9 heteroatoms. The molecule has 0 saturated heterocycles. The number of aliphatic hydroxyl groups excluding tert-OH is 3. The van der Waals surface area contributed by atoms with Crippen LogP contribution in [0, 0.1) is 0 Å². The van der Waals surface area contributed by atoms with Gasteiger partial charge >= 0.3 is 5.97 Å². The zero-order valence-corrected chi connectivity index (χ0v) is 15.1. The highest BCUT2D eigenvalue weighted by molar-refractivity contribution is 5.85. The summed E-state index contributed by atoms with van der Waals surface area (Å²) < 4.78 is 5.38. The zero-order valence-electron chi connectivity index (χ0n) is 15.1. The van der Waals surface area contributed by atoms with Crippen LogP contribution in [0.15, 0.2) is 42.2 Å². The number of aliphatic hydroxyl groups is 3. The number of aliphatic carboxylic acids is 1. The normalized spacial score (nSPS) is 24.1. The van der Waals surface area contributed by atoms with Gasteiger partial charge in [-0.3, -0.25) is 4.79 Å². The second kappa shape index (κ2) is 8.01. The number of aromatic nitrogens is 1. The van der Waals surface area contributed by atoms with Crippen LogP contribution in [0.2, 0.25) is 0 Å². The van der Waals surface area contributed by atoms with E-state index in [1.54, 1.807) is 0 Å². The first kappa shape index (κ1) is 19.9. The number of rotatable bonds is 6. The van der Waals surface area contributed by atoms with Gasteiger partial charge in [-0.1, -0.05) is 18.2 Å². The smallest absolute Gasteiger partial charge is 0.370 e. The Kier molecular flexibility index (Phi) is 5.68. The van der Waals surface area contributed by atoms with Crippen molar-refractivity contribution in [1.29, 1.82) is 0 Å². The maximum Gasteiger partial charge on any atom is 0.370 e. The number of carboxylic acids is 1. The maximum absolute atomic E-state index is 11.8. The highest BCUT2D eigenvalue weighted by atomic mass is 16.5. The second-order valence-electron chi connectivity index (χ2n) is 6.72. The predicted molar refractivity (Wildman–Crippen MR) is 98.3 cm³/mol. The van der Waals surface area contributed by atoms with Crippen molar-refractivity contribution in [2.24, 2.45) is 0 Å². The standard InChI is InChI=1S/C19H22N2O7/c1-9(23)20-16-11(13-6-10-4-2-3-5-12(10)21-13)7-15(19(26)27)28-18(16)17(25)14(24)8-22/h2-7,11,14,16-18,21-22,24-25H,8H2,1H3,(H,20,23)(H,26,27). The van der Waals surface area contributed by atoms with Crippen LogP contribution in [-0.4, -0.2) is 68.2 Å². The van der Waals surface area contributed by atoms with Gasteiger partial charge in [-0.15, -0.1) is 0 Å². The van der Waals surface area contributed by atoms with E-state index in [2.05, 4.69) is 10.3 Å². The molecule has 0 fully saturated rings. The van der Waals surface area contributed by atoms with Crippen molar-refractivity contribution in [3.63, 3.8) is 0 Å². The molecule has 2 aromatic rings. The Labute approximate surface area is 160 Å². The van der Waals surface area contributed by atoms with Gasteiger partial charge in [-0.2, -0.15) is 0 Å². The molecule has 0 aliphatic carbocycles. The molecule has 1 aromatic heterocycles. The summed E-state index contributed by atoms with van der Waals surface area (Å²) >= 11 is 0. The quantitative estimate of drug-likeness (QED) is 0.401. The van der Waals surface area contributed by atoms with Crippen molar-refractivity contribution in [3.8, 4) is 0 Å². The van der Waals surface area contributed by atoms with Gasteiger partial charge in [0.25, 0.3) is 0 Å². The lowest BCUT2D eigenvalue weighted by Crippen LogP contribution is -2.57. The van der Waals surface area contributed by atoms with E-state index in [9.17, 15) is 24.9 Å². The Morgan fingerprint density at radius 2 is 2.00 bits per heavy atom. The van der Waals surface area contributed by atoms with Gasteiger partial charge in [0, 0.05) is 24.1 Å². The number of carboxylic acid groups (broad SMARTS) is 1. The third-order valence-electron chi connectivity index (χ3n) is 4.74. The van der Waals surface area contributed by atoms with E-state index in [-0.39, 0.29) is 0 Å². The maximum atomic E-state index is 11.8. The first-order valence-electron chi connectivity index (χ1n) is 8.75. The third kappa shape index (κ3) is 3.86. The molecule has 3 rings (SSSR count). The minimum Gasteiger partial charge on any atom is -0.478 e. The SMILES string of the molecule is CC(=O)NC1C(c2cc3ccccc3[nH]2)C=C(C(=O)O)OC1C(O)C(O)CO. The summed E-state index contributed by atoms with van der Waals surface area (Å²) in [7, 11) is 0. The van der Waals surface area contributed by atoms with Crippen molar-refractivity contribution in [2.75, 3.05) is 6.61 Å². The summed E-state index contributed by atoms with van der Waals surface area (Å²) in [5, 5.41) is 42.4. The van der Waals surface area contributed by atoms with E-state index in [4.69, 9.17) is 9.84 Å². The number of amides is 1. The van der Waals surface area contributed by atoms with Crippen molar-refractivity contribution >= 4 is 22.8 Å². The number of carbonyl (C=O) groups excluding carboxylic acids is 1.